The summed E-state index contributed by atoms with van der Waals surface area (Å²) in [5.41, 5.74) is 6.45. The van der Waals surface area contributed by atoms with Crippen molar-refractivity contribution >= 4 is 17.6 Å². The van der Waals surface area contributed by atoms with Crippen LogP contribution in [0.25, 0.3) is 11.4 Å². The predicted octanol–water partition coefficient (Wildman–Crippen LogP) is 1.98. The number of carboxylic acids is 1. The molecule has 0 aliphatic heterocycles. The van der Waals surface area contributed by atoms with Crippen LogP contribution in [0, 0.1) is 0 Å². The Labute approximate surface area is 153 Å². The third-order valence-electron chi connectivity index (χ3n) is 3.32. The fourth-order valence-corrected chi connectivity index (χ4v) is 2.26. The number of nitrogens with two attached hydrogens (primary N) is 1. The molecule has 0 saturated heterocycles. The molecule has 0 radical (unpaired) electrons. The zero-order valence-corrected chi connectivity index (χ0v) is 14.2. The zero-order chi connectivity index (χ0) is 18.5. The van der Waals surface area contributed by atoms with E-state index in [1.54, 1.807) is 36.4 Å². The molecule has 10 heteroatoms. The molecular weight excluding hydrogens is 360 g/mol. The first-order valence-electron chi connectivity index (χ1n) is 7.64. The minimum absolute atomic E-state index is 0.165. The molecule has 0 saturated carbocycles. The number of rotatable bonds is 7. The van der Waals surface area contributed by atoms with Gasteiger partial charge in [-0.1, -0.05) is 11.6 Å². The minimum Gasteiger partial charge on any atom is -0.481 e. The number of carbonyl (C=O) groups is 1. The highest BCUT2D eigenvalue weighted by Gasteiger charge is 2.12. The Morgan fingerprint density at radius 1 is 1.27 bits per heavy atom. The van der Waals surface area contributed by atoms with Crippen molar-refractivity contribution < 1.29 is 14.6 Å². The van der Waals surface area contributed by atoms with E-state index >= 15 is 0 Å². The topological polar surface area (TPSA) is 129 Å². The molecule has 9 nitrogen and oxygen atoms in total. The zero-order valence-electron chi connectivity index (χ0n) is 13.5. The van der Waals surface area contributed by atoms with Crippen LogP contribution in [0.4, 0.5) is 0 Å². The molecule has 1 aromatic carbocycles. The van der Waals surface area contributed by atoms with Crippen molar-refractivity contribution in [2.45, 2.75) is 19.0 Å². The van der Waals surface area contributed by atoms with Gasteiger partial charge >= 0.3 is 5.97 Å². The van der Waals surface area contributed by atoms with Crippen LogP contribution in [-0.4, -0.2) is 42.3 Å². The summed E-state index contributed by atoms with van der Waals surface area (Å²) in [6.45, 7) is 0.169. The van der Waals surface area contributed by atoms with Gasteiger partial charge in [0.25, 0.3) is 0 Å². The highest BCUT2D eigenvalue weighted by atomic mass is 35.5. The van der Waals surface area contributed by atoms with Gasteiger partial charge in [0.15, 0.2) is 0 Å². The first-order valence-corrected chi connectivity index (χ1v) is 8.02. The number of aliphatic carboxylic acids is 1. The van der Waals surface area contributed by atoms with Crippen molar-refractivity contribution in [3.05, 3.63) is 47.6 Å². The monoisotopic (exact) mass is 374 g/mol. The van der Waals surface area contributed by atoms with E-state index in [2.05, 4.69) is 20.4 Å². The van der Waals surface area contributed by atoms with Gasteiger partial charge in [0.2, 0.25) is 11.7 Å². The normalized spacial score (nSPS) is 11.9. The quantitative estimate of drug-likeness (QED) is 0.642. The molecule has 0 bridgehead atoms. The Morgan fingerprint density at radius 2 is 2.04 bits per heavy atom. The lowest BCUT2D eigenvalue weighted by molar-refractivity contribution is -0.137. The van der Waals surface area contributed by atoms with Crippen molar-refractivity contribution in [2.75, 3.05) is 0 Å². The molecule has 134 valence electrons. The van der Waals surface area contributed by atoms with Crippen molar-refractivity contribution in [3.63, 3.8) is 0 Å². The largest absolute Gasteiger partial charge is 0.481 e. The van der Waals surface area contributed by atoms with Gasteiger partial charge in [-0.25, -0.2) is 4.98 Å². The van der Waals surface area contributed by atoms with E-state index in [-0.39, 0.29) is 13.0 Å². The number of aromatic nitrogens is 5. The molecule has 3 rings (SSSR count). The predicted molar refractivity (Wildman–Crippen MR) is 92.8 cm³/mol. The van der Waals surface area contributed by atoms with Crippen LogP contribution in [0.1, 0.15) is 6.42 Å². The van der Waals surface area contributed by atoms with Crippen molar-refractivity contribution in [1.82, 2.24) is 25.2 Å². The van der Waals surface area contributed by atoms with E-state index in [1.807, 2.05) is 0 Å². The van der Waals surface area contributed by atoms with Gasteiger partial charge in [-0.15, -0.1) is 10.2 Å². The van der Waals surface area contributed by atoms with Gasteiger partial charge in [-0.2, -0.15) is 4.80 Å². The number of ether oxygens (including phenoxy) is 1. The molecule has 26 heavy (non-hydrogen) atoms. The van der Waals surface area contributed by atoms with Gasteiger partial charge in [-0.05, 0) is 35.5 Å². The second kappa shape index (κ2) is 7.89. The van der Waals surface area contributed by atoms with Gasteiger partial charge in [0, 0.05) is 23.9 Å². The van der Waals surface area contributed by atoms with Gasteiger partial charge < -0.3 is 15.6 Å². The van der Waals surface area contributed by atoms with Crippen LogP contribution in [0.15, 0.2) is 42.6 Å². The fraction of sp³-hybridized carbons (Fsp3) is 0.188. The number of carboxylic acid groups (broad SMARTS) is 1. The third kappa shape index (κ3) is 4.74. The lowest BCUT2D eigenvalue weighted by Gasteiger charge is -2.06. The van der Waals surface area contributed by atoms with Crippen molar-refractivity contribution in [1.29, 1.82) is 0 Å². The van der Waals surface area contributed by atoms with Crippen molar-refractivity contribution in [3.8, 4) is 23.0 Å². The minimum atomic E-state index is -0.969. The molecule has 2 aromatic heterocycles. The van der Waals surface area contributed by atoms with Crippen LogP contribution in [0.3, 0.4) is 0 Å². The first kappa shape index (κ1) is 17.8. The highest BCUT2D eigenvalue weighted by Crippen LogP contribution is 2.23. The molecule has 0 amide bonds. The second-order valence-corrected chi connectivity index (χ2v) is 5.90. The molecule has 1 unspecified atom stereocenters. The standard InChI is InChI=1S/C16H15ClN6O3/c17-11-3-6-14(19-8-11)26-13-4-1-10(2-5-13)16-20-22-23(21-16)9-12(18)7-15(24)25/h1-6,8,12H,7,9,18H2,(H,24,25). The maximum Gasteiger partial charge on any atom is 0.304 e. The van der Waals surface area contributed by atoms with E-state index in [4.69, 9.17) is 27.2 Å². The van der Waals surface area contributed by atoms with Crippen molar-refractivity contribution in [2.24, 2.45) is 5.73 Å². The fourth-order valence-electron chi connectivity index (χ4n) is 2.15. The molecule has 0 aliphatic carbocycles. The van der Waals surface area contributed by atoms with Crippen LogP contribution in [-0.2, 0) is 11.3 Å². The van der Waals surface area contributed by atoms with Gasteiger partial charge in [0.05, 0.1) is 18.0 Å². The number of benzene rings is 1. The van der Waals surface area contributed by atoms with E-state index < -0.39 is 12.0 Å². The van der Waals surface area contributed by atoms with E-state index in [0.29, 0.717) is 22.5 Å². The lowest BCUT2D eigenvalue weighted by atomic mass is 10.2. The summed E-state index contributed by atoms with van der Waals surface area (Å²) in [5, 5.41) is 21.3. The number of halogens is 1. The molecule has 3 N–H and O–H groups in total. The summed E-state index contributed by atoms with van der Waals surface area (Å²) in [6, 6.07) is 9.84. The molecular formula is C16H15ClN6O3. The molecule has 3 aromatic rings. The van der Waals surface area contributed by atoms with Crippen LogP contribution in [0.5, 0.6) is 11.6 Å². The van der Waals surface area contributed by atoms with E-state index in [9.17, 15) is 4.79 Å². The Kier molecular flexibility index (Phi) is 5.40. The Balaban J connectivity index is 1.65. The van der Waals surface area contributed by atoms with Gasteiger partial charge in [-0.3, -0.25) is 4.79 Å². The SMILES string of the molecule is NC(CC(=O)O)Cn1nnc(-c2ccc(Oc3ccc(Cl)cn3)cc2)n1. The summed E-state index contributed by atoms with van der Waals surface area (Å²) < 4.78 is 5.62. The first-order chi connectivity index (χ1) is 12.5. The number of tetrazole rings is 1. The molecule has 2 heterocycles. The molecule has 0 fully saturated rings. The van der Waals surface area contributed by atoms with E-state index in [1.165, 1.54) is 11.0 Å². The van der Waals surface area contributed by atoms with Crippen LogP contribution >= 0.6 is 11.6 Å². The Bertz CT molecular complexity index is 882. The van der Waals surface area contributed by atoms with Crippen LogP contribution in [0.2, 0.25) is 5.02 Å². The summed E-state index contributed by atoms with van der Waals surface area (Å²) in [4.78, 5) is 16.0. The summed E-state index contributed by atoms with van der Waals surface area (Å²) in [7, 11) is 0. The number of nitrogens with zero attached hydrogens (tertiary/aromatic N) is 5. The van der Waals surface area contributed by atoms with Gasteiger partial charge in [0.1, 0.15) is 5.75 Å². The summed E-state index contributed by atoms with van der Waals surface area (Å²) in [6.07, 6.45) is 1.34. The Hall–Kier alpha value is -3.04. The smallest absolute Gasteiger partial charge is 0.304 e. The van der Waals surface area contributed by atoms with E-state index in [0.717, 1.165) is 5.56 Å². The lowest BCUT2D eigenvalue weighted by Crippen LogP contribution is -2.30. The third-order valence-corrected chi connectivity index (χ3v) is 3.55. The Morgan fingerprint density at radius 3 is 2.69 bits per heavy atom. The maximum atomic E-state index is 10.6. The maximum absolute atomic E-state index is 10.6. The number of hydrogen-bond donors (Lipinski definition) is 2. The molecule has 0 aliphatic rings. The molecule has 0 spiro atoms. The molecule has 1 atom stereocenters. The summed E-state index contributed by atoms with van der Waals surface area (Å²) in [5.74, 6) is 0.463. The average Bonchev–Trinajstić information content (AvgIpc) is 3.05. The van der Waals surface area contributed by atoms with Crippen LogP contribution < -0.4 is 10.5 Å². The second-order valence-electron chi connectivity index (χ2n) is 5.47. The number of hydrogen-bond acceptors (Lipinski definition) is 7. The highest BCUT2D eigenvalue weighted by molar-refractivity contribution is 6.30. The average molecular weight is 375 g/mol. The number of pyridine rings is 1. The summed E-state index contributed by atoms with van der Waals surface area (Å²) >= 11 is 5.78.